The van der Waals surface area contributed by atoms with Gasteiger partial charge in [-0.2, -0.15) is 5.10 Å². The Hall–Kier alpha value is -1.32. The first-order chi connectivity index (χ1) is 7.66. The largest absolute Gasteiger partial charge is 0.356 e. The molecule has 0 atom stereocenters. The molecule has 4 nitrogen and oxygen atoms in total. The fourth-order valence-electron chi connectivity index (χ4n) is 1.71. The summed E-state index contributed by atoms with van der Waals surface area (Å²) >= 11 is 0. The number of aryl methyl sites for hydroxylation is 2. The van der Waals surface area contributed by atoms with Crippen molar-refractivity contribution in [3.05, 3.63) is 17.5 Å². The number of nitrogens with one attached hydrogen (secondary N) is 1. The van der Waals surface area contributed by atoms with Crippen LogP contribution in [0.15, 0.2) is 6.20 Å². The Morgan fingerprint density at radius 3 is 2.94 bits per heavy atom. The molecule has 4 heteroatoms. The number of hydrogen-bond acceptors (Lipinski definition) is 2. The highest BCUT2D eigenvalue weighted by molar-refractivity contribution is 5.76. The van der Waals surface area contributed by atoms with E-state index in [1.807, 2.05) is 24.9 Å². The molecule has 0 saturated heterocycles. The van der Waals surface area contributed by atoms with E-state index in [9.17, 15) is 4.79 Å². The van der Waals surface area contributed by atoms with Gasteiger partial charge >= 0.3 is 0 Å². The Morgan fingerprint density at radius 1 is 1.62 bits per heavy atom. The van der Waals surface area contributed by atoms with E-state index in [2.05, 4.69) is 10.4 Å². The predicted molar refractivity (Wildman–Crippen MR) is 62.0 cm³/mol. The van der Waals surface area contributed by atoms with Crippen LogP contribution in [0.5, 0.6) is 0 Å². The third kappa shape index (κ3) is 2.84. The van der Waals surface area contributed by atoms with Crippen molar-refractivity contribution >= 4 is 5.91 Å². The Bertz CT molecular complexity index is 380. The zero-order valence-electron chi connectivity index (χ0n) is 9.99. The lowest BCUT2D eigenvalue weighted by molar-refractivity contribution is -0.121. The van der Waals surface area contributed by atoms with Crippen molar-refractivity contribution < 1.29 is 4.79 Å². The number of hydrogen-bond donors (Lipinski definition) is 1. The summed E-state index contributed by atoms with van der Waals surface area (Å²) in [6.07, 6.45) is 5.77. The molecule has 0 bridgehead atoms. The normalized spacial score (nSPS) is 15.1. The number of carbonyl (C=O) groups excluding carboxylic acids is 1. The number of rotatable bonds is 5. The summed E-state index contributed by atoms with van der Waals surface area (Å²) in [5.74, 6) is 0.916. The first kappa shape index (κ1) is 11.2. The van der Waals surface area contributed by atoms with E-state index in [1.54, 1.807) is 0 Å². The topological polar surface area (TPSA) is 46.9 Å². The molecule has 0 radical (unpaired) electrons. The van der Waals surface area contributed by atoms with Crippen LogP contribution in [0.25, 0.3) is 0 Å². The maximum Gasteiger partial charge on any atom is 0.220 e. The van der Waals surface area contributed by atoms with Gasteiger partial charge in [0.1, 0.15) is 0 Å². The van der Waals surface area contributed by atoms with Crippen molar-refractivity contribution in [3.8, 4) is 0 Å². The maximum atomic E-state index is 11.5. The number of aromatic nitrogens is 2. The second-order valence-electron chi connectivity index (χ2n) is 4.63. The number of amides is 1. The third-order valence-corrected chi connectivity index (χ3v) is 3.24. The fourth-order valence-corrected chi connectivity index (χ4v) is 1.71. The van der Waals surface area contributed by atoms with Crippen molar-refractivity contribution in [2.45, 2.75) is 32.6 Å². The van der Waals surface area contributed by atoms with Crippen LogP contribution in [0.4, 0.5) is 0 Å². The Kier molecular flexibility index (Phi) is 3.27. The van der Waals surface area contributed by atoms with E-state index >= 15 is 0 Å². The quantitative estimate of drug-likeness (QED) is 0.811. The molecule has 1 N–H and O–H groups in total. The SMILES string of the molecule is Cc1c(CCC(=O)NCC2CC2)cnn1C. The van der Waals surface area contributed by atoms with Crippen LogP contribution in [-0.2, 0) is 18.3 Å². The molecular weight excluding hydrogens is 202 g/mol. The molecule has 0 aromatic carbocycles. The highest BCUT2D eigenvalue weighted by Gasteiger charge is 2.21. The van der Waals surface area contributed by atoms with Gasteiger partial charge in [-0.3, -0.25) is 9.48 Å². The molecule has 1 aliphatic carbocycles. The van der Waals surface area contributed by atoms with Crippen molar-refractivity contribution in [3.63, 3.8) is 0 Å². The molecule has 1 aromatic rings. The molecule has 1 aromatic heterocycles. The van der Waals surface area contributed by atoms with Crippen LogP contribution in [0.2, 0.25) is 0 Å². The van der Waals surface area contributed by atoms with Crippen molar-refractivity contribution in [1.82, 2.24) is 15.1 Å². The lowest BCUT2D eigenvalue weighted by atomic mass is 10.1. The molecule has 0 unspecified atom stereocenters. The molecule has 1 amide bonds. The molecule has 0 spiro atoms. The van der Waals surface area contributed by atoms with Gasteiger partial charge in [0.2, 0.25) is 5.91 Å². The van der Waals surface area contributed by atoms with Crippen molar-refractivity contribution in [1.29, 1.82) is 0 Å². The summed E-state index contributed by atoms with van der Waals surface area (Å²) in [6, 6.07) is 0. The first-order valence-corrected chi connectivity index (χ1v) is 5.91. The van der Waals surface area contributed by atoms with Gasteiger partial charge in [-0.25, -0.2) is 0 Å². The predicted octanol–water partition coefficient (Wildman–Crippen LogP) is 1.19. The molecule has 1 saturated carbocycles. The van der Waals surface area contributed by atoms with Crippen LogP contribution >= 0.6 is 0 Å². The number of nitrogens with zero attached hydrogens (tertiary/aromatic N) is 2. The molecule has 1 fully saturated rings. The third-order valence-electron chi connectivity index (χ3n) is 3.24. The monoisotopic (exact) mass is 221 g/mol. The van der Waals surface area contributed by atoms with E-state index in [0.29, 0.717) is 6.42 Å². The van der Waals surface area contributed by atoms with Gasteiger partial charge in [-0.15, -0.1) is 0 Å². The smallest absolute Gasteiger partial charge is 0.220 e. The fraction of sp³-hybridized carbons (Fsp3) is 0.667. The van der Waals surface area contributed by atoms with Crippen molar-refractivity contribution in [2.75, 3.05) is 6.54 Å². The summed E-state index contributed by atoms with van der Waals surface area (Å²) in [6.45, 7) is 2.90. The first-order valence-electron chi connectivity index (χ1n) is 5.91. The minimum Gasteiger partial charge on any atom is -0.356 e. The standard InChI is InChI=1S/C12H19N3O/c1-9-11(8-14-15(9)2)5-6-12(16)13-7-10-3-4-10/h8,10H,3-7H2,1-2H3,(H,13,16). The molecule has 0 aliphatic heterocycles. The van der Waals surface area contributed by atoms with Crippen LogP contribution in [0.3, 0.4) is 0 Å². The van der Waals surface area contributed by atoms with Gasteiger partial charge in [0.25, 0.3) is 0 Å². The highest BCUT2D eigenvalue weighted by atomic mass is 16.1. The van der Waals surface area contributed by atoms with Crippen LogP contribution in [0.1, 0.15) is 30.5 Å². The minimum atomic E-state index is 0.162. The van der Waals surface area contributed by atoms with E-state index in [0.717, 1.165) is 24.6 Å². The second kappa shape index (κ2) is 4.68. The summed E-state index contributed by atoms with van der Waals surface area (Å²) in [4.78, 5) is 11.5. The maximum absolute atomic E-state index is 11.5. The Morgan fingerprint density at radius 2 is 2.38 bits per heavy atom. The van der Waals surface area contributed by atoms with Gasteiger partial charge in [0.05, 0.1) is 6.20 Å². The van der Waals surface area contributed by atoms with Crippen LogP contribution in [0, 0.1) is 12.8 Å². The van der Waals surface area contributed by atoms with Crippen molar-refractivity contribution in [2.24, 2.45) is 13.0 Å². The second-order valence-corrected chi connectivity index (χ2v) is 4.63. The average Bonchev–Trinajstić information content (AvgIpc) is 3.04. The molecule has 1 aliphatic rings. The van der Waals surface area contributed by atoms with Gasteiger partial charge in [0, 0.05) is 25.7 Å². The number of carbonyl (C=O) groups is 1. The molecule has 2 rings (SSSR count). The Balaban J connectivity index is 1.73. The lowest BCUT2D eigenvalue weighted by Crippen LogP contribution is -2.25. The molecule has 88 valence electrons. The Labute approximate surface area is 96.0 Å². The van der Waals surface area contributed by atoms with E-state index in [1.165, 1.54) is 18.4 Å². The van der Waals surface area contributed by atoms with E-state index in [-0.39, 0.29) is 5.91 Å². The molecule has 16 heavy (non-hydrogen) atoms. The van der Waals surface area contributed by atoms with Gasteiger partial charge in [0.15, 0.2) is 0 Å². The van der Waals surface area contributed by atoms with Gasteiger partial charge in [-0.1, -0.05) is 0 Å². The summed E-state index contributed by atoms with van der Waals surface area (Å²) in [5, 5.41) is 7.14. The van der Waals surface area contributed by atoms with Gasteiger partial charge < -0.3 is 5.32 Å². The van der Waals surface area contributed by atoms with E-state index < -0.39 is 0 Å². The highest BCUT2D eigenvalue weighted by Crippen LogP contribution is 2.27. The average molecular weight is 221 g/mol. The zero-order valence-corrected chi connectivity index (χ0v) is 9.99. The lowest BCUT2D eigenvalue weighted by Gasteiger charge is -2.03. The van der Waals surface area contributed by atoms with Crippen LogP contribution < -0.4 is 5.32 Å². The molecular formula is C12H19N3O. The van der Waals surface area contributed by atoms with Crippen LogP contribution in [-0.4, -0.2) is 22.2 Å². The summed E-state index contributed by atoms with van der Waals surface area (Å²) < 4.78 is 1.84. The minimum absolute atomic E-state index is 0.162. The zero-order chi connectivity index (χ0) is 11.5. The van der Waals surface area contributed by atoms with Gasteiger partial charge in [-0.05, 0) is 37.7 Å². The summed E-state index contributed by atoms with van der Waals surface area (Å²) in [7, 11) is 1.92. The van der Waals surface area contributed by atoms with E-state index in [4.69, 9.17) is 0 Å². The summed E-state index contributed by atoms with van der Waals surface area (Å²) in [5.41, 5.74) is 2.32. The molecule has 1 heterocycles.